The number of hydrogen-bond acceptors (Lipinski definition) is 5. The number of hydrogen-bond donors (Lipinski definition) is 2. The Bertz CT molecular complexity index is 512. The van der Waals surface area contributed by atoms with Crippen LogP contribution in [0, 0.1) is 0 Å². The first-order valence-electron chi connectivity index (χ1n) is 6.10. The third-order valence-corrected chi connectivity index (χ3v) is 3.70. The molecular weight excluding hydrogens is 250 g/mol. The third kappa shape index (κ3) is 1.84. The molecule has 1 saturated heterocycles. The molecular formula is C13H15NO5. The van der Waals surface area contributed by atoms with E-state index in [1.807, 2.05) is 6.07 Å². The van der Waals surface area contributed by atoms with Gasteiger partial charge in [0.15, 0.2) is 11.5 Å². The summed E-state index contributed by atoms with van der Waals surface area (Å²) in [6.45, 7) is 1.63. The van der Waals surface area contributed by atoms with E-state index in [9.17, 15) is 4.79 Å². The molecule has 6 heteroatoms. The number of carboxylic acid groups (broad SMARTS) is 1. The summed E-state index contributed by atoms with van der Waals surface area (Å²) in [5.74, 6) is 0.278. The number of rotatable bonds is 3. The molecule has 1 aromatic carbocycles. The maximum atomic E-state index is 11.2. The molecule has 0 aliphatic carbocycles. The Labute approximate surface area is 110 Å². The average Bonchev–Trinajstić information content (AvgIpc) is 2.37. The van der Waals surface area contributed by atoms with Gasteiger partial charge < -0.3 is 25.1 Å². The lowest BCUT2D eigenvalue weighted by molar-refractivity contribution is -0.148. The van der Waals surface area contributed by atoms with Crippen molar-refractivity contribution in [2.24, 2.45) is 5.73 Å². The lowest BCUT2D eigenvalue weighted by Gasteiger charge is -2.44. The predicted octanol–water partition coefficient (Wildman–Crippen LogP) is 0.138. The molecule has 3 rings (SSSR count). The Morgan fingerprint density at radius 1 is 1.26 bits per heavy atom. The largest absolute Gasteiger partial charge is 0.486 e. The lowest BCUT2D eigenvalue weighted by atomic mass is 9.72. The minimum atomic E-state index is -1.03. The molecule has 1 fully saturated rings. The Balaban J connectivity index is 1.98. The Kier molecular flexibility index (Phi) is 2.83. The van der Waals surface area contributed by atoms with E-state index < -0.39 is 17.4 Å². The van der Waals surface area contributed by atoms with Gasteiger partial charge >= 0.3 is 5.97 Å². The van der Waals surface area contributed by atoms with Gasteiger partial charge in [-0.1, -0.05) is 6.07 Å². The van der Waals surface area contributed by atoms with Crippen LogP contribution < -0.4 is 15.2 Å². The maximum absolute atomic E-state index is 11.2. The molecule has 1 aromatic rings. The molecule has 1 atom stereocenters. The highest BCUT2D eigenvalue weighted by Gasteiger charge is 2.49. The molecule has 6 nitrogen and oxygen atoms in total. The molecule has 0 radical (unpaired) electrons. The molecule has 0 aromatic heterocycles. The van der Waals surface area contributed by atoms with Crippen molar-refractivity contribution < 1.29 is 24.1 Å². The van der Waals surface area contributed by atoms with Crippen LogP contribution >= 0.6 is 0 Å². The van der Waals surface area contributed by atoms with E-state index in [-0.39, 0.29) is 0 Å². The molecule has 19 heavy (non-hydrogen) atoms. The topological polar surface area (TPSA) is 91.0 Å². The molecule has 0 bridgehead atoms. The maximum Gasteiger partial charge on any atom is 0.321 e. The Morgan fingerprint density at radius 3 is 2.53 bits per heavy atom. The standard InChI is InChI=1S/C13H15NO5/c14-11(12(15)16)13(6-17-7-13)8-1-2-9-10(5-8)19-4-3-18-9/h1-2,5,11H,3-4,6-7,14H2,(H,15,16). The number of fused-ring (bicyclic) bond motifs is 1. The number of ether oxygens (including phenoxy) is 3. The van der Waals surface area contributed by atoms with E-state index in [1.165, 1.54) is 0 Å². The van der Waals surface area contributed by atoms with E-state index in [4.69, 9.17) is 25.1 Å². The number of aliphatic carboxylic acids is 1. The first-order chi connectivity index (χ1) is 9.13. The van der Waals surface area contributed by atoms with Crippen LogP contribution in [-0.4, -0.2) is 43.5 Å². The molecule has 1 unspecified atom stereocenters. The van der Waals surface area contributed by atoms with Crippen LogP contribution in [0.2, 0.25) is 0 Å². The summed E-state index contributed by atoms with van der Waals surface area (Å²) in [4.78, 5) is 11.2. The summed E-state index contributed by atoms with van der Waals surface area (Å²) in [5, 5.41) is 9.15. The normalized spacial score (nSPS) is 21.3. The van der Waals surface area contributed by atoms with Gasteiger partial charge in [0, 0.05) is 0 Å². The molecule has 3 N–H and O–H groups in total. The monoisotopic (exact) mass is 265 g/mol. The summed E-state index contributed by atoms with van der Waals surface area (Å²) < 4.78 is 16.2. The fourth-order valence-electron chi connectivity index (χ4n) is 2.44. The number of nitrogens with two attached hydrogens (primary N) is 1. The minimum Gasteiger partial charge on any atom is -0.486 e. The average molecular weight is 265 g/mol. The minimum absolute atomic E-state index is 0.306. The van der Waals surface area contributed by atoms with Crippen LogP contribution in [-0.2, 0) is 14.9 Å². The van der Waals surface area contributed by atoms with Crippen molar-refractivity contribution in [1.29, 1.82) is 0 Å². The smallest absolute Gasteiger partial charge is 0.321 e. The van der Waals surface area contributed by atoms with Crippen LogP contribution in [0.5, 0.6) is 11.5 Å². The Morgan fingerprint density at radius 2 is 1.95 bits per heavy atom. The molecule has 0 amide bonds. The summed E-state index contributed by atoms with van der Waals surface area (Å²) in [5.41, 5.74) is 5.95. The highest BCUT2D eigenvalue weighted by molar-refractivity contribution is 5.76. The molecule has 2 heterocycles. The second kappa shape index (κ2) is 4.40. The van der Waals surface area contributed by atoms with Gasteiger partial charge in [-0.15, -0.1) is 0 Å². The van der Waals surface area contributed by atoms with Crippen molar-refractivity contribution in [3.05, 3.63) is 23.8 Å². The fraction of sp³-hybridized carbons (Fsp3) is 0.462. The van der Waals surface area contributed by atoms with Crippen molar-refractivity contribution in [3.63, 3.8) is 0 Å². The van der Waals surface area contributed by atoms with Crippen molar-refractivity contribution in [2.45, 2.75) is 11.5 Å². The zero-order valence-corrected chi connectivity index (χ0v) is 10.3. The summed E-state index contributed by atoms with van der Waals surface area (Å²) in [6, 6.07) is 4.43. The van der Waals surface area contributed by atoms with Gasteiger partial charge in [-0.3, -0.25) is 4.79 Å². The summed E-state index contributed by atoms with van der Waals surface area (Å²) >= 11 is 0. The first kappa shape index (κ1) is 12.3. The molecule has 2 aliphatic rings. The van der Waals surface area contributed by atoms with Gasteiger partial charge in [-0.2, -0.15) is 0 Å². The second-order valence-electron chi connectivity index (χ2n) is 4.82. The van der Waals surface area contributed by atoms with Crippen LogP contribution in [0.25, 0.3) is 0 Å². The molecule has 102 valence electrons. The lowest BCUT2D eigenvalue weighted by Crippen LogP contribution is -2.61. The second-order valence-corrected chi connectivity index (χ2v) is 4.82. The summed E-state index contributed by atoms with van der Waals surface area (Å²) in [7, 11) is 0. The summed E-state index contributed by atoms with van der Waals surface area (Å²) in [6.07, 6.45) is 0. The van der Waals surface area contributed by atoms with Crippen LogP contribution in [0.15, 0.2) is 18.2 Å². The highest BCUT2D eigenvalue weighted by Crippen LogP contribution is 2.40. The number of carbonyl (C=O) groups is 1. The van der Waals surface area contributed by atoms with Crippen LogP contribution in [0.1, 0.15) is 5.56 Å². The van der Waals surface area contributed by atoms with Crippen molar-refractivity contribution >= 4 is 5.97 Å². The number of benzene rings is 1. The van der Waals surface area contributed by atoms with E-state index in [2.05, 4.69) is 0 Å². The fourth-order valence-corrected chi connectivity index (χ4v) is 2.44. The molecule has 2 aliphatic heterocycles. The third-order valence-electron chi connectivity index (χ3n) is 3.70. The SMILES string of the molecule is NC(C(=O)O)C1(c2ccc3c(c2)OCCO3)COC1. The van der Waals surface area contributed by atoms with Crippen molar-refractivity contribution in [2.75, 3.05) is 26.4 Å². The van der Waals surface area contributed by atoms with E-state index in [0.29, 0.717) is 37.9 Å². The predicted molar refractivity (Wildman–Crippen MR) is 65.5 cm³/mol. The van der Waals surface area contributed by atoms with Gasteiger partial charge in [-0.25, -0.2) is 0 Å². The molecule has 0 spiro atoms. The quantitative estimate of drug-likeness (QED) is 0.807. The van der Waals surface area contributed by atoms with E-state index in [1.54, 1.807) is 12.1 Å². The van der Waals surface area contributed by atoms with Crippen molar-refractivity contribution in [1.82, 2.24) is 0 Å². The van der Waals surface area contributed by atoms with Gasteiger partial charge in [0.2, 0.25) is 0 Å². The number of carboxylic acids is 1. The van der Waals surface area contributed by atoms with Crippen LogP contribution in [0.3, 0.4) is 0 Å². The van der Waals surface area contributed by atoms with Gasteiger partial charge in [-0.05, 0) is 17.7 Å². The first-order valence-corrected chi connectivity index (χ1v) is 6.10. The molecule has 0 saturated carbocycles. The van der Waals surface area contributed by atoms with Crippen molar-refractivity contribution in [3.8, 4) is 11.5 Å². The zero-order valence-electron chi connectivity index (χ0n) is 10.3. The van der Waals surface area contributed by atoms with E-state index in [0.717, 1.165) is 5.56 Å². The van der Waals surface area contributed by atoms with Gasteiger partial charge in [0.25, 0.3) is 0 Å². The van der Waals surface area contributed by atoms with Gasteiger partial charge in [0.1, 0.15) is 19.3 Å². The Hall–Kier alpha value is -1.79. The highest BCUT2D eigenvalue weighted by atomic mass is 16.6. The van der Waals surface area contributed by atoms with Crippen LogP contribution in [0.4, 0.5) is 0 Å². The van der Waals surface area contributed by atoms with Gasteiger partial charge in [0.05, 0.1) is 18.6 Å². The van der Waals surface area contributed by atoms with E-state index >= 15 is 0 Å². The zero-order chi connectivity index (χ0) is 13.5.